The predicted octanol–water partition coefficient (Wildman–Crippen LogP) is 3.13. The lowest BCUT2D eigenvalue weighted by Gasteiger charge is -2.36. The maximum Gasteiger partial charge on any atom is 0.408 e. The molecule has 1 heterocycles. The number of carbonyl (C=O) groups excluding carboxylic acids is 2. The van der Waals surface area contributed by atoms with Gasteiger partial charge in [0.1, 0.15) is 11.6 Å². The minimum atomic E-state index is -1.80. The standard InChI is InChI=1S/C17H34N2O4Si/c1-16(2,3)23-15(21)18-13-9-10-19(14(13)20)11-12-22-24(7,8)17(4,5)6/h13H,9-12H2,1-8H3,(H,18,21)/t13-/m0/s1. The van der Waals surface area contributed by atoms with E-state index in [1.807, 2.05) is 0 Å². The molecule has 0 aromatic carbocycles. The number of nitrogens with zero attached hydrogens (tertiary/aromatic N) is 1. The van der Waals surface area contributed by atoms with Gasteiger partial charge >= 0.3 is 6.09 Å². The zero-order valence-corrected chi connectivity index (χ0v) is 17.5. The molecule has 0 aromatic heterocycles. The average Bonchev–Trinajstić information content (AvgIpc) is 2.67. The van der Waals surface area contributed by atoms with Crippen molar-refractivity contribution in [3.8, 4) is 0 Å². The Kier molecular flexibility index (Phi) is 6.49. The summed E-state index contributed by atoms with van der Waals surface area (Å²) >= 11 is 0. The highest BCUT2D eigenvalue weighted by molar-refractivity contribution is 6.74. The minimum Gasteiger partial charge on any atom is -0.444 e. The van der Waals surface area contributed by atoms with Crippen molar-refractivity contribution in [2.45, 2.75) is 77.7 Å². The van der Waals surface area contributed by atoms with Gasteiger partial charge in [-0.2, -0.15) is 0 Å². The Morgan fingerprint density at radius 3 is 2.33 bits per heavy atom. The molecule has 0 spiro atoms. The molecule has 7 heteroatoms. The summed E-state index contributed by atoms with van der Waals surface area (Å²) in [5.41, 5.74) is -0.567. The van der Waals surface area contributed by atoms with Crippen LogP contribution in [0.2, 0.25) is 18.1 Å². The topological polar surface area (TPSA) is 67.9 Å². The first kappa shape index (κ1) is 21.0. The molecule has 0 aliphatic carbocycles. The van der Waals surface area contributed by atoms with E-state index >= 15 is 0 Å². The van der Waals surface area contributed by atoms with Crippen LogP contribution >= 0.6 is 0 Å². The van der Waals surface area contributed by atoms with Crippen LogP contribution in [0.15, 0.2) is 0 Å². The Hall–Kier alpha value is -1.08. The zero-order chi connectivity index (χ0) is 18.8. The van der Waals surface area contributed by atoms with E-state index in [1.165, 1.54) is 0 Å². The first-order valence-electron chi connectivity index (χ1n) is 8.65. The molecule has 0 bridgehead atoms. The first-order valence-corrected chi connectivity index (χ1v) is 11.6. The quantitative estimate of drug-likeness (QED) is 0.767. The second-order valence-corrected chi connectivity index (χ2v) is 13.7. The van der Waals surface area contributed by atoms with Gasteiger partial charge in [-0.1, -0.05) is 20.8 Å². The van der Waals surface area contributed by atoms with Gasteiger partial charge in [0, 0.05) is 13.1 Å². The van der Waals surface area contributed by atoms with E-state index in [0.717, 1.165) is 0 Å². The van der Waals surface area contributed by atoms with Crippen molar-refractivity contribution in [3.05, 3.63) is 0 Å². The smallest absolute Gasteiger partial charge is 0.408 e. The van der Waals surface area contributed by atoms with Crippen molar-refractivity contribution in [2.75, 3.05) is 19.7 Å². The predicted molar refractivity (Wildman–Crippen MR) is 97.5 cm³/mol. The van der Waals surface area contributed by atoms with Crippen LogP contribution in [-0.2, 0) is 14.0 Å². The SMILES string of the molecule is CC(C)(C)OC(=O)N[C@H]1CCN(CCO[Si](C)(C)C(C)(C)C)C1=O. The molecule has 1 N–H and O–H groups in total. The van der Waals surface area contributed by atoms with Crippen LogP contribution in [0, 0.1) is 0 Å². The monoisotopic (exact) mass is 358 g/mol. The lowest BCUT2D eigenvalue weighted by Crippen LogP contribution is -2.45. The van der Waals surface area contributed by atoms with Crippen molar-refractivity contribution in [1.82, 2.24) is 10.2 Å². The first-order chi connectivity index (χ1) is 10.7. The van der Waals surface area contributed by atoms with E-state index in [0.29, 0.717) is 26.1 Å². The van der Waals surface area contributed by atoms with Gasteiger partial charge in [0.2, 0.25) is 5.91 Å². The third-order valence-electron chi connectivity index (χ3n) is 4.62. The van der Waals surface area contributed by atoms with Gasteiger partial charge in [-0.05, 0) is 45.3 Å². The number of likely N-dealkylation sites (tertiary alicyclic amines) is 1. The molecule has 140 valence electrons. The van der Waals surface area contributed by atoms with Gasteiger partial charge in [-0.15, -0.1) is 0 Å². The Bertz CT molecular complexity index is 466. The molecule has 24 heavy (non-hydrogen) atoms. The molecule has 0 radical (unpaired) electrons. The molecule has 1 saturated heterocycles. The fraction of sp³-hybridized carbons (Fsp3) is 0.882. The highest BCUT2D eigenvalue weighted by Crippen LogP contribution is 2.36. The summed E-state index contributed by atoms with van der Waals surface area (Å²) in [5, 5.41) is 2.82. The maximum absolute atomic E-state index is 12.4. The van der Waals surface area contributed by atoms with Crippen LogP contribution in [0.1, 0.15) is 48.0 Å². The number of amides is 2. The highest BCUT2D eigenvalue weighted by atomic mass is 28.4. The third kappa shape index (κ3) is 6.09. The van der Waals surface area contributed by atoms with E-state index in [9.17, 15) is 9.59 Å². The van der Waals surface area contributed by atoms with Crippen molar-refractivity contribution in [2.24, 2.45) is 0 Å². The number of hydrogen-bond acceptors (Lipinski definition) is 4. The molecule has 1 atom stereocenters. The average molecular weight is 359 g/mol. The number of alkyl carbamates (subject to hydrolysis) is 1. The van der Waals surface area contributed by atoms with Crippen LogP contribution in [-0.4, -0.2) is 56.6 Å². The number of hydrogen-bond donors (Lipinski definition) is 1. The van der Waals surface area contributed by atoms with Crippen molar-refractivity contribution < 1.29 is 18.8 Å². The van der Waals surface area contributed by atoms with Crippen molar-refractivity contribution >= 4 is 20.3 Å². The van der Waals surface area contributed by atoms with Crippen LogP contribution in [0.25, 0.3) is 0 Å². The van der Waals surface area contributed by atoms with Gasteiger partial charge in [0.25, 0.3) is 0 Å². The molecular formula is C17H34N2O4Si. The van der Waals surface area contributed by atoms with Crippen LogP contribution in [0.3, 0.4) is 0 Å². The van der Waals surface area contributed by atoms with Crippen LogP contribution in [0.5, 0.6) is 0 Å². The summed E-state index contributed by atoms with van der Waals surface area (Å²) in [7, 11) is -1.80. The lowest BCUT2D eigenvalue weighted by atomic mass is 10.2. The number of carbonyl (C=O) groups is 2. The van der Waals surface area contributed by atoms with E-state index in [2.05, 4.69) is 39.2 Å². The summed E-state index contributed by atoms with van der Waals surface area (Å²) in [5.74, 6) is -0.0558. The van der Waals surface area contributed by atoms with E-state index in [1.54, 1.807) is 25.7 Å². The third-order valence-corrected chi connectivity index (χ3v) is 9.16. The Balaban J connectivity index is 2.44. The Labute approximate surface area is 147 Å². The summed E-state index contributed by atoms with van der Waals surface area (Å²) in [6.45, 7) is 18.1. The molecule has 2 amide bonds. The minimum absolute atomic E-state index is 0.0558. The summed E-state index contributed by atoms with van der Waals surface area (Å²) < 4.78 is 11.3. The van der Waals surface area contributed by atoms with Gasteiger partial charge in [0.05, 0.1) is 6.61 Å². The molecule has 0 saturated carbocycles. The molecule has 1 rings (SSSR count). The van der Waals surface area contributed by atoms with Gasteiger partial charge < -0.3 is 19.4 Å². The van der Waals surface area contributed by atoms with Gasteiger partial charge in [-0.25, -0.2) is 4.79 Å². The normalized spacial score (nSPS) is 19.6. The molecule has 0 unspecified atom stereocenters. The van der Waals surface area contributed by atoms with Crippen molar-refractivity contribution in [1.29, 1.82) is 0 Å². The number of nitrogens with one attached hydrogen (secondary N) is 1. The van der Waals surface area contributed by atoms with Gasteiger partial charge in [-0.3, -0.25) is 4.79 Å². The van der Waals surface area contributed by atoms with Crippen LogP contribution < -0.4 is 5.32 Å². The maximum atomic E-state index is 12.4. The highest BCUT2D eigenvalue weighted by Gasteiger charge is 2.38. The van der Waals surface area contributed by atoms with Gasteiger partial charge in [0.15, 0.2) is 8.32 Å². The summed E-state index contributed by atoms with van der Waals surface area (Å²) in [6, 6.07) is -0.493. The van der Waals surface area contributed by atoms with E-state index in [-0.39, 0.29) is 10.9 Å². The Morgan fingerprint density at radius 1 is 1.25 bits per heavy atom. The molecule has 0 aromatic rings. The molecule has 6 nitrogen and oxygen atoms in total. The molecule has 1 aliphatic rings. The molecule has 1 aliphatic heterocycles. The van der Waals surface area contributed by atoms with E-state index in [4.69, 9.17) is 9.16 Å². The van der Waals surface area contributed by atoms with Crippen LogP contribution in [0.4, 0.5) is 4.79 Å². The summed E-state index contributed by atoms with van der Waals surface area (Å²) in [4.78, 5) is 25.9. The molecule has 1 fully saturated rings. The second-order valence-electron chi connectivity index (χ2n) is 8.92. The Morgan fingerprint density at radius 2 is 1.83 bits per heavy atom. The summed E-state index contributed by atoms with van der Waals surface area (Å²) in [6.07, 6.45) is 0.0678. The van der Waals surface area contributed by atoms with Crippen molar-refractivity contribution in [3.63, 3.8) is 0 Å². The second kappa shape index (κ2) is 7.43. The number of rotatable bonds is 5. The largest absolute Gasteiger partial charge is 0.444 e. The zero-order valence-electron chi connectivity index (χ0n) is 16.5. The lowest BCUT2D eigenvalue weighted by molar-refractivity contribution is -0.129. The fourth-order valence-electron chi connectivity index (χ4n) is 2.17. The fourth-order valence-corrected chi connectivity index (χ4v) is 3.21. The molecular weight excluding hydrogens is 324 g/mol. The van der Waals surface area contributed by atoms with E-state index < -0.39 is 26.1 Å². The number of ether oxygens (including phenoxy) is 1.